The quantitative estimate of drug-likeness (QED) is 0.309. The summed E-state index contributed by atoms with van der Waals surface area (Å²) >= 11 is 0. The maximum absolute atomic E-state index is 13.8. The van der Waals surface area contributed by atoms with Crippen LogP contribution in [0.25, 0.3) is 0 Å². The third kappa shape index (κ3) is 10.6. The summed E-state index contributed by atoms with van der Waals surface area (Å²) in [4.78, 5) is 0. The van der Waals surface area contributed by atoms with E-state index >= 15 is 0 Å². The fraction of sp³-hybridized carbons (Fsp3) is 0.727. The molecule has 156 valence electrons. The highest BCUT2D eigenvalue weighted by Gasteiger charge is 2.32. The third-order valence-corrected chi connectivity index (χ3v) is 5.09. The lowest BCUT2D eigenvalue weighted by Gasteiger charge is -2.17. The fourth-order valence-corrected chi connectivity index (χ4v) is 3.74. The van der Waals surface area contributed by atoms with Gasteiger partial charge in [-0.05, 0) is 42.4 Å². The molecular weight excluding hydrogens is 356 g/mol. The molecule has 0 aliphatic rings. The van der Waals surface area contributed by atoms with Gasteiger partial charge in [0, 0.05) is 0 Å². The van der Waals surface area contributed by atoms with Crippen LogP contribution < -0.4 is 4.74 Å². The number of rotatable bonds is 13. The van der Waals surface area contributed by atoms with Crippen LogP contribution in [0.3, 0.4) is 0 Å². The second-order valence-corrected chi connectivity index (χ2v) is 7.68. The van der Waals surface area contributed by atoms with Gasteiger partial charge >= 0.3 is 6.36 Å². The van der Waals surface area contributed by atoms with Gasteiger partial charge in [-0.2, -0.15) is 0 Å². The van der Waals surface area contributed by atoms with Gasteiger partial charge in [0.1, 0.15) is 0 Å². The summed E-state index contributed by atoms with van der Waals surface area (Å²) in [7, 11) is 0. The van der Waals surface area contributed by atoms with Gasteiger partial charge in [-0.25, -0.2) is 4.39 Å². The van der Waals surface area contributed by atoms with Crippen LogP contribution in [0.2, 0.25) is 0 Å². The minimum absolute atomic E-state index is 0.676. The molecule has 2 unspecified atom stereocenters. The molecule has 0 amide bonds. The third-order valence-electron chi connectivity index (χ3n) is 5.09. The zero-order valence-electron chi connectivity index (χ0n) is 16.9. The number of hydrogen-bond donors (Lipinski definition) is 0. The van der Waals surface area contributed by atoms with Crippen LogP contribution in [0.5, 0.6) is 5.75 Å². The Bertz CT molecular complexity index is 528. The highest BCUT2D eigenvalue weighted by Crippen LogP contribution is 2.27. The van der Waals surface area contributed by atoms with Crippen molar-refractivity contribution in [3.63, 3.8) is 0 Å². The number of halogens is 4. The average molecular weight is 391 g/mol. The smallest absolute Gasteiger partial charge is 0.403 e. The summed E-state index contributed by atoms with van der Waals surface area (Å²) in [6.07, 6.45) is 6.47. The van der Waals surface area contributed by atoms with Crippen LogP contribution in [0.15, 0.2) is 18.2 Å². The molecule has 1 aromatic rings. The van der Waals surface area contributed by atoms with Crippen LogP contribution in [0.1, 0.15) is 84.1 Å². The molecule has 0 radical (unpaired) electrons. The summed E-state index contributed by atoms with van der Waals surface area (Å²) in [6, 6.07) is 3.74. The lowest BCUT2D eigenvalue weighted by Crippen LogP contribution is -2.18. The van der Waals surface area contributed by atoms with Crippen molar-refractivity contribution in [2.45, 2.75) is 91.3 Å². The van der Waals surface area contributed by atoms with Crippen molar-refractivity contribution in [2.75, 3.05) is 0 Å². The van der Waals surface area contributed by atoms with E-state index in [1.54, 1.807) is 0 Å². The van der Waals surface area contributed by atoms with E-state index in [4.69, 9.17) is 0 Å². The normalized spacial score (nSPS) is 14.2. The number of benzene rings is 1. The maximum atomic E-state index is 13.8. The average Bonchev–Trinajstić information content (AvgIpc) is 2.56. The first kappa shape index (κ1) is 23.8. The summed E-state index contributed by atoms with van der Waals surface area (Å²) in [5, 5.41) is 0. The highest BCUT2D eigenvalue weighted by atomic mass is 19.4. The second kappa shape index (κ2) is 12.2. The lowest BCUT2D eigenvalue weighted by atomic mass is 9.89. The molecule has 2 atom stereocenters. The van der Waals surface area contributed by atoms with Gasteiger partial charge < -0.3 is 4.74 Å². The molecule has 0 spiro atoms. The van der Waals surface area contributed by atoms with Gasteiger partial charge in [0.05, 0.1) is 0 Å². The molecule has 0 bridgehead atoms. The van der Waals surface area contributed by atoms with E-state index in [1.165, 1.54) is 44.6 Å². The van der Waals surface area contributed by atoms with E-state index in [-0.39, 0.29) is 0 Å². The Morgan fingerprint density at radius 3 is 2.19 bits per heavy atom. The van der Waals surface area contributed by atoms with Crippen LogP contribution in [0, 0.1) is 17.7 Å². The van der Waals surface area contributed by atoms with Crippen LogP contribution in [0.4, 0.5) is 17.6 Å². The molecular formula is C22H34F4O. The molecule has 0 aliphatic carbocycles. The predicted molar refractivity (Wildman–Crippen MR) is 102 cm³/mol. The molecule has 0 N–H and O–H groups in total. The zero-order valence-corrected chi connectivity index (χ0v) is 16.9. The van der Waals surface area contributed by atoms with E-state index in [0.29, 0.717) is 17.9 Å². The first-order valence-corrected chi connectivity index (χ1v) is 10.3. The molecule has 0 heterocycles. The Balaban J connectivity index is 2.42. The fourth-order valence-electron chi connectivity index (χ4n) is 3.74. The second-order valence-electron chi connectivity index (χ2n) is 7.68. The summed E-state index contributed by atoms with van der Waals surface area (Å²) < 4.78 is 54.0. The van der Waals surface area contributed by atoms with Crippen LogP contribution in [-0.2, 0) is 6.42 Å². The standard InChI is InChI=1S/C22H34F4O/c1-4-8-17(3)10-6-11-18(9-5-2)12-7-13-19-14-15-21(20(23)16-19)27-22(24,25)26/h14-18H,4-13H2,1-3H3. The summed E-state index contributed by atoms with van der Waals surface area (Å²) in [5.41, 5.74) is 0.717. The van der Waals surface area contributed by atoms with Crippen molar-refractivity contribution in [3.8, 4) is 5.75 Å². The van der Waals surface area contributed by atoms with Crippen molar-refractivity contribution in [3.05, 3.63) is 29.6 Å². The van der Waals surface area contributed by atoms with Crippen molar-refractivity contribution in [2.24, 2.45) is 11.8 Å². The molecule has 0 saturated carbocycles. The Morgan fingerprint density at radius 2 is 1.59 bits per heavy atom. The monoisotopic (exact) mass is 390 g/mol. The first-order valence-electron chi connectivity index (χ1n) is 10.3. The van der Waals surface area contributed by atoms with E-state index < -0.39 is 17.9 Å². The van der Waals surface area contributed by atoms with Crippen LogP contribution in [-0.4, -0.2) is 6.36 Å². The largest absolute Gasteiger partial charge is 0.573 e. The van der Waals surface area contributed by atoms with Gasteiger partial charge in [-0.1, -0.05) is 78.2 Å². The molecule has 1 rings (SSSR count). The molecule has 0 fully saturated rings. The van der Waals surface area contributed by atoms with E-state index in [0.717, 1.165) is 37.3 Å². The number of ether oxygens (including phenoxy) is 1. The molecule has 0 saturated heterocycles. The van der Waals surface area contributed by atoms with E-state index in [1.807, 2.05) is 0 Å². The molecule has 0 aliphatic heterocycles. The summed E-state index contributed by atoms with van der Waals surface area (Å²) in [5.74, 6) is -0.254. The zero-order chi connectivity index (χ0) is 20.3. The van der Waals surface area contributed by atoms with Gasteiger partial charge in [-0.15, -0.1) is 13.2 Å². The number of aryl methyl sites for hydroxylation is 1. The topological polar surface area (TPSA) is 9.23 Å². The Kier molecular flexibility index (Phi) is 10.8. The van der Waals surface area contributed by atoms with Gasteiger partial charge in [0.25, 0.3) is 0 Å². The Labute approximate surface area is 161 Å². The minimum atomic E-state index is -4.87. The number of alkyl halides is 3. The van der Waals surface area contributed by atoms with E-state index in [2.05, 4.69) is 25.5 Å². The van der Waals surface area contributed by atoms with Crippen molar-refractivity contribution < 1.29 is 22.3 Å². The van der Waals surface area contributed by atoms with Gasteiger partial charge in [-0.3, -0.25) is 0 Å². The predicted octanol–water partition coefficient (Wildman–Crippen LogP) is 8.07. The molecule has 1 aromatic carbocycles. The van der Waals surface area contributed by atoms with E-state index in [9.17, 15) is 17.6 Å². The summed E-state index contributed by atoms with van der Waals surface area (Å²) in [6.45, 7) is 6.74. The highest BCUT2D eigenvalue weighted by molar-refractivity contribution is 5.29. The van der Waals surface area contributed by atoms with Crippen LogP contribution >= 0.6 is 0 Å². The van der Waals surface area contributed by atoms with Gasteiger partial charge in [0.15, 0.2) is 11.6 Å². The van der Waals surface area contributed by atoms with Crippen molar-refractivity contribution in [1.82, 2.24) is 0 Å². The minimum Gasteiger partial charge on any atom is -0.403 e. The molecule has 5 heteroatoms. The lowest BCUT2D eigenvalue weighted by molar-refractivity contribution is -0.275. The molecule has 27 heavy (non-hydrogen) atoms. The van der Waals surface area contributed by atoms with Crippen molar-refractivity contribution >= 4 is 0 Å². The molecule has 1 nitrogen and oxygen atoms in total. The Hall–Kier alpha value is -1.26. The first-order chi connectivity index (χ1) is 12.7. The maximum Gasteiger partial charge on any atom is 0.573 e. The molecule has 0 aromatic heterocycles. The SMILES string of the molecule is CCCC(C)CCCC(CCC)CCCc1ccc(OC(F)(F)F)c(F)c1. The Morgan fingerprint density at radius 1 is 0.926 bits per heavy atom. The van der Waals surface area contributed by atoms with Gasteiger partial charge in [0.2, 0.25) is 0 Å². The van der Waals surface area contributed by atoms with Crippen molar-refractivity contribution in [1.29, 1.82) is 0 Å². The number of hydrogen-bond acceptors (Lipinski definition) is 1.